The van der Waals surface area contributed by atoms with Crippen molar-refractivity contribution < 1.29 is 9.21 Å². The molecule has 1 amide bonds. The van der Waals surface area contributed by atoms with Gasteiger partial charge in [0.05, 0.1) is 6.26 Å². The number of hydrogen-bond acceptors (Lipinski definition) is 3. The Kier molecular flexibility index (Phi) is 2.76. The predicted molar refractivity (Wildman–Crippen MR) is 72.5 cm³/mol. The Morgan fingerprint density at radius 2 is 2.00 bits per heavy atom. The van der Waals surface area contributed by atoms with Crippen LogP contribution in [0.15, 0.2) is 57.8 Å². The molecule has 1 aliphatic heterocycles. The molecule has 1 aliphatic rings. The highest BCUT2D eigenvalue weighted by atomic mass is 16.3. The minimum Gasteiger partial charge on any atom is -0.461 e. The Labute approximate surface area is 110 Å². The zero-order chi connectivity index (χ0) is 13.2. The number of furan rings is 1. The number of nitrogens with zero attached hydrogens (tertiary/aromatic N) is 1. The van der Waals surface area contributed by atoms with Gasteiger partial charge < -0.3 is 9.73 Å². The lowest BCUT2D eigenvalue weighted by molar-refractivity contribution is -0.115. The van der Waals surface area contributed by atoms with Crippen LogP contribution in [0, 0.1) is 6.92 Å². The Hall–Kier alpha value is -2.62. The number of nitrogens with one attached hydrogen (secondary N) is 1. The van der Waals surface area contributed by atoms with E-state index in [0.717, 1.165) is 5.56 Å². The highest BCUT2D eigenvalue weighted by molar-refractivity contribution is 6.18. The molecular formula is C15H12N2O2. The van der Waals surface area contributed by atoms with E-state index in [1.54, 1.807) is 24.5 Å². The molecule has 0 spiro atoms. The van der Waals surface area contributed by atoms with Gasteiger partial charge in [-0.3, -0.25) is 4.79 Å². The number of hydrogen-bond donors (Lipinski definition) is 1. The minimum absolute atomic E-state index is 0.216. The number of aliphatic imine (C=N–C) groups is 1. The standard InChI is InChI=1S/C15H12N2O2/c1-10-4-6-11(7-5-10)9-12-15(18)17-14(16-12)13-3-2-8-19-13/h2-9H,1H3,(H,16,17,18). The van der Waals surface area contributed by atoms with Gasteiger partial charge in [0.25, 0.3) is 5.91 Å². The molecule has 4 heteroatoms. The normalized spacial score (nSPS) is 16.6. The second kappa shape index (κ2) is 4.57. The van der Waals surface area contributed by atoms with Crippen LogP contribution in [0.3, 0.4) is 0 Å². The third kappa shape index (κ3) is 2.33. The number of carbonyl (C=O) groups excluding carboxylic acids is 1. The Morgan fingerprint density at radius 3 is 2.68 bits per heavy atom. The fraction of sp³-hybridized carbons (Fsp3) is 0.0667. The smallest absolute Gasteiger partial charge is 0.275 e. The van der Waals surface area contributed by atoms with Crippen LogP contribution in [-0.4, -0.2) is 11.7 Å². The van der Waals surface area contributed by atoms with Crippen molar-refractivity contribution in [3.63, 3.8) is 0 Å². The van der Waals surface area contributed by atoms with Crippen LogP contribution in [0.1, 0.15) is 16.9 Å². The van der Waals surface area contributed by atoms with Crippen LogP contribution in [-0.2, 0) is 4.79 Å². The molecule has 0 aliphatic carbocycles. The monoisotopic (exact) mass is 252 g/mol. The molecule has 2 heterocycles. The third-order valence-electron chi connectivity index (χ3n) is 2.83. The van der Waals surface area contributed by atoms with Gasteiger partial charge in [0.15, 0.2) is 11.6 Å². The zero-order valence-electron chi connectivity index (χ0n) is 10.4. The molecule has 0 unspecified atom stereocenters. The van der Waals surface area contributed by atoms with E-state index in [-0.39, 0.29) is 5.91 Å². The van der Waals surface area contributed by atoms with E-state index >= 15 is 0 Å². The molecule has 19 heavy (non-hydrogen) atoms. The molecule has 1 aromatic heterocycles. The molecule has 0 radical (unpaired) electrons. The molecule has 94 valence electrons. The Balaban J connectivity index is 1.92. The van der Waals surface area contributed by atoms with Gasteiger partial charge >= 0.3 is 0 Å². The summed E-state index contributed by atoms with van der Waals surface area (Å²) in [6.45, 7) is 2.02. The molecule has 0 saturated carbocycles. The van der Waals surface area contributed by atoms with E-state index in [2.05, 4.69) is 10.3 Å². The SMILES string of the molecule is Cc1ccc(C=C2N=C(c3ccco3)NC2=O)cc1. The van der Waals surface area contributed by atoms with Crippen molar-refractivity contribution in [2.75, 3.05) is 0 Å². The maximum absolute atomic E-state index is 11.8. The van der Waals surface area contributed by atoms with Crippen LogP contribution >= 0.6 is 0 Å². The summed E-state index contributed by atoms with van der Waals surface area (Å²) in [6, 6.07) is 11.4. The number of aryl methyl sites for hydroxylation is 1. The molecule has 0 atom stereocenters. The molecule has 4 nitrogen and oxygen atoms in total. The van der Waals surface area contributed by atoms with Crippen molar-refractivity contribution in [1.29, 1.82) is 0 Å². The number of amidine groups is 1. The highest BCUT2D eigenvalue weighted by Crippen LogP contribution is 2.15. The molecule has 0 saturated heterocycles. The summed E-state index contributed by atoms with van der Waals surface area (Å²) >= 11 is 0. The zero-order valence-corrected chi connectivity index (χ0v) is 10.4. The average molecular weight is 252 g/mol. The maximum Gasteiger partial charge on any atom is 0.275 e. The summed E-state index contributed by atoms with van der Waals surface area (Å²) in [5.74, 6) is 0.793. The first-order chi connectivity index (χ1) is 9.22. The molecule has 2 aromatic rings. The summed E-state index contributed by atoms with van der Waals surface area (Å²) in [5.41, 5.74) is 2.51. The first kappa shape index (κ1) is 11.5. The summed E-state index contributed by atoms with van der Waals surface area (Å²) in [6.07, 6.45) is 3.30. The minimum atomic E-state index is -0.216. The quantitative estimate of drug-likeness (QED) is 0.835. The van der Waals surface area contributed by atoms with Crippen LogP contribution < -0.4 is 5.32 Å². The fourth-order valence-electron chi connectivity index (χ4n) is 1.82. The van der Waals surface area contributed by atoms with Gasteiger partial charge in [-0.05, 0) is 30.7 Å². The summed E-state index contributed by atoms with van der Waals surface area (Å²) < 4.78 is 5.21. The summed E-state index contributed by atoms with van der Waals surface area (Å²) in [5, 5.41) is 2.69. The van der Waals surface area contributed by atoms with Crippen LogP contribution in [0.25, 0.3) is 6.08 Å². The van der Waals surface area contributed by atoms with Crippen molar-refractivity contribution in [2.24, 2.45) is 4.99 Å². The van der Waals surface area contributed by atoms with Gasteiger partial charge in [-0.2, -0.15) is 0 Å². The van der Waals surface area contributed by atoms with Gasteiger partial charge in [-0.15, -0.1) is 0 Å². The largest absolute Gasteiger partial charge is 0.461 e. The number of carbonyl (C=O) groups is 1. The van der Waals surface area contributed by atoms with Gasteiger partial charge in [0, 0.05) is 0 Å². The highest BCUT2D eigenvalue weighted by Gasteiger charge is 2.22. The van der Waals surface area contributed by atoms with E-state index in [1.165, 1.54) is 5.56 Å². The van der Waals surface area contributed by atoms with Crippen LogP contribution in [0.5, 0.6) is 0 Å². The predicted octanol–water partition coefficient (Wildman–Crippen LogP) is 2.51. The lowest BCUT2D eigenvalue weighted by atomic mass is 10.1. The average Bonchev–Trinajstić information content (AvgIpc) is 3.03. The molecule has 0 bridgehead atoms. The molecular weight excluding hydrogens is 240 g/mol. The topological polar surface area (TPSA) is 54.6 Å². The van der Waals surface area contributed by atoms with Gasteiger partial charge in [0.1, 0.15) is 5.70 Å². The molecule has 3 rings (SSSR count). The lowest BCUT2D eigenvalue weighted by Crippen LogP contribution is -2.24. The Bertz CT molecular complexity index is 665. The third-order valence-corrected chi connectivity index (χ3v) is 2.83. The second-order valence-corrected chi connectivity index (χ2v) is 4.33. The van der Waals surface area contributed by atoms with E-state index in [9.17, 15) is 4.79 Å². The summed E-state index contributed by atoms with van der Waals surface area (Å²) in [4.78, 5) is 16.1. The van der Waals surface area contributed by atoms with Crippen molar-refractivity contribution in [3.05, 3.63) is 65.2 Å². The van der Waals surface area contributed by atoms with Gasteiger partial charge in [-0.1, -0.05) is 29.8 Å². The number of amides is 1. The Morgan fingerprint density at radius 1 is 1.21 bits per heavy atom. The number of rotatable bonds is 2. The first-order valence-electron chi connectivity index (χ1n) is 5.95. The van der Waals surface area contributed by atoms with E-state index in [0.29, 0.717) is 17.3 Å². The summed E-state index contributed by atoms with van der Waals surface area (Å²) in [7, 11) is 0. The lowest BCUT2D eigenvalue weighted by Gasteiger charge is -1.95. The maximum atomic E-state index is 11.8. The van der Waals surface area contributed by atoms with E-state index < -0.39 is 0 Å². The van der Waals surface area contributed by atoms with E-state index in [1.807, 2.05) is 31.2 Å². The van der Waals surface area contributed by atoms with Gasteiger partial charge in [-0.25, -0.2) is 4.99 Å². The fourth-order valence-corrected chi connectivity index (χ4v) is 1.82. The number of benzene rings is 1. The van der Waals surface area contributed by atoms with E-state index in [4.69, 9.17) is 4.42 Å². The van der Waals surface area contributed by atoms with Gasteiger partial charge in [0.2, 0.25) is 0 Å². The van der Waals surface area contributed by atoms with Crippen molar-refractivity contribution in [3.8, 4) is 0 Å². The van der Waals surface area contributed by atoms with Crippen molar-refractivity contribution in [1.82, 2.24) is 5.32 Å². The second-order valence-electron chi connectivity index (χ2n) is 4.33. The van der Waals surface area contributed by atoms with Crippen LogP contribution in [0.2, 0.25) is 0 Å². The van der Waals surface area contributed by atoms with Crippen molar-refractivity contribution >= 4 is 17.8 Å². The molecule has 0 fully saturated rings. The molecule has 1 N–H and O–H groups in total. The first-order valence-corrected chi connectivity index (χ1v) is 5.95. The van der Waals surface area contributed by atoms with Crippen LogP contribution in [0.4, 0.5) is 0 Å². The molecule has 1 aromatic carbocycles. The van der Waals surface area contributed by atoms with Crippen molar-refractivity contribution in [2.45, 2.75) is 6.92 Å².